The number of ether oxygens (including phenoxy) is 1. The number of fused-ring (bicyclic) bond motifs is 1. The third-order valence-electron chi connectivity index (χ3n) is 5.46. The molecule has 1 aromatic heterocycles. The lowest BCUT2D eigenvalue weighted by atomic mass is 9.83. The van der Waals surface area contributed by atoms with Gasteiger partial charge in [0.05, 0.1) is 6.54 Å². The zero-order valence-electron chi connectivity index (χ0n) is 15.4. The molecule has 25 heavy (non-hydrogen) atoms. The first-order valence-corrected chi connectivity index (χ1v) is 9.11. The summed E-state index contributed by atoms with van der Waals surface area (Å²) in [7, 11) is 3.60. The summed E-state index contributed by atoms with van der Waals surface area (Å²) in [6.07, 6.45) is 8.53. The Bertz CT molecular complexity index is 567. The molecule has 0 bridgehead atoms. The van der Waals surface area contributed by atoms with Crippen LogP contribution in [-0.4, -0.2) is 48.0 Å². The van der Waals surface area contributed by atoms with Gasteiger partial charge in [0.15, 0.2) is 11.8 Å². The van der Waals surface area contributed by atoms with Crippen LogP contribution in [0.2, 0.25) is 0 Å². The number of aliphatic imine (C=N–C) groups is 1. The summed E-state index contributed by atoms with van der Waals surface area (Å²) in [5.41, 5.74) is 0.351. The van der Waals surface area contributed by atoms with Crippen molar-refractivity contribution in [1.82, 2.24) is 25.4 Å². The summed E-state index contributed by atoms with van der Waals surface area (Å²) in [6, 6.07) is 0. The van der Waals surface area contributed by atoms with Crippen molar-refractivity contribution < 1.29 is 4.74 Å². The smallest absolute Gasteiger partial charge is 0.191 e. The number of hydrogen-bond donors (Lipinski definition) is 2. The van der Waals surface area contributed by atoms with Gasteiger partial charge in [-0.05, 0) is 31.1 Å². The standard InChI is InChI=1S/C17H30N6O.HI/c1-18-16(19-12-15-22-21-14-6-5-10-23(14)15)20-13-17(9-11-24-2)7-3-4-8-17;/h3-13H2,1-2H3,(H2,18,19,20);1H. The van der Waals surface area contributed by atoms with Crippen LogP contribution in [-0.2, 0) is 24.2 Å². The van der Waals surface area contributed by atoms with Gasteiger partial charge in [-0.2, -0.15) is 0 Å². The van der Waals surface area contributed by atoms with E-state index in [1.165, 1.54) is 32.1 Å². The average molecular weight is 462 g/mol. The van der Waals surface area contributed by atoms with Crippen molar-refractivity contribution in [3.8, 4) is 0 Å². The zero-order valence-corrected chi connectivity index (χ0v) is 17.7. The zero-order chi connectivity index (χ0) is 16.8. The van der Waals surface area contributed by atoms with Crippen molar-refractivity contribution >= 4 is 29.9 Å². The molecule has 2 N–H and O–H groups in total. The molecule has 0 saturated heterocycles. The highest BCUT2D eigenvalue weighted by Gasteiger charge is 2.33. The third kappa shape index (κ3) is 5.06. The van der Waals surface area contributed by atoms with Crippen LogP contribution in [0.5, 0.6) is 0 Å². The third-order valence-corrected chi connectivity index (χ3v) is 5.46. The second-order valence-electron chi connectivity index (χ2n) is 7.02. The van der Waals surface area contributed by atoms with Crippen molar-refractivity contribution in [1.29, 1.82) is 0 Å². The molecule has 1 fully saturated rings. The largest absolute Gasteiger partial charge is 0.385 e. The maximum absolute atomic E-state index is 5.31. The van der Waals surface area contributed by atoms with Gasteiger partial charge in [0, 0.05) is 40.3 Å². The molecule has 0 aromatic carbocycles. The Labute approximate surface area is 167 Å². The Morgan fingerprint density at radius 1 is 1.24 bits per heavy atom. The molecular formula is C17H31IN6O. The molecule has 0 spiro atoms. The molecule has 7 nitrogen and oxygen atoms in total. The van der Waals surface area contributed by atoms with Crippen molar-refractivity contribution in [2.24, 2.45) is 10.4 Å². The predicted molar refractivity (Wildman–Crippen MR) is 109 cm³/mol. The summed E-state index contributed by atoms with van der Waals surface area (Å²) >= 11 is 0. The van der Waals surface area contributed by atoms with Crippen LogP contribution in [0, 0.1) is 5.41 Å². The summed E-state index contributed by atoms with van der Waals surface area (Å²) in [4.78, 5) is 4.36. The quantitative estimate of drug-likeness (QED) is 0.369. The second kappa shape index (κ2) is 9.70. The number of halogens is 1. The number of aryl methyl sites for hydroxylation is 1. The van der Waals surface area contributed by atoms with Crippen LogP contribution in [0.15, 0.2) is 4.99 Å². The summed E-state index contributed by atoms with van der Waals surface area (Å²) in [5, 5.41) is 15.4. The maximum Gasteiger partial charge on any atom is 0.191 e. The molecule has 0 amide bonds. The molecule has 1 aromatic rings. The van der Waals surface area contributed by atoms with E-state index in [0.717, 1.165) is 50.1 Å². The van der Waals surface area contributed by atoms with E-state index in [2.05, 4.69) is 30.4 Å². The molecule has 142 valence electrons. The fourth-order valence-corrected chi connectivity index (χ4v) is 3.95. The van der Waals surface area contributed by atoms with Crippen molar-refractivity contribution in [2.45, 2.75) is 58.0 Å². The molecule has 1 aliphatic heterocycles. The Hall–Kier alpha value is -0.900. The average Bonchev–Trinajstić information content (AvgIpc) is 3.31. The highest BCUT2D eigenvalue weighted by Crippen LogP contribution is 2.40. The fraction of sp³-hybridized carbons (Fsp3) is 0.824. The number of aromatic nitrogens is 3. The Morgan fingerprint density at radius 2 is 2.04 bits per heavy atom. The van der Waals surface area contributed by atoms with Gasteiger partial charge in [-0.15, -0.1) is 34.2 Å². The molecule has 8 heteroatoms. The Kier molecular flexibility index (Phi) is 7.92. The van der Waals surface area contributed by atoms with E-state index in [-0.39, 0.29) is 24.0 Å². The summed E-state index contributed by atoms with van der Waals surface area (Å²) in [6.45, 7) is 3.48. The fourth-order valence-electron chi connectivity index (χ4n) is 3.95. The first kappa shape index (κ1) is 20.4. The Balaban J connectivity index is 0.00000225. The van der Waals surface area contributed by atoms with Crippen LogP contribution in [0.4, 0.5) is 0 Å². The maximum atomic E-state index is 5.31. The number of guanidine groups is 1. The molecule has 3 rings (SSSR count). The molecule has 0 atom stereocenters. The molecule has 1 saturated carbocycles. The SMILES string of the molecule is CN=C(NCc1nnc2n1CCC2)NCC1(CCOC)CCCC1.I. The highest BCUT2D eigenvalue weighted by molar-refractivity contribution is 14.0. The van der Waals surface area contributed by atoms with E-state index >= 15 is 0 Å². The van der Waals surface area contributed by atoms with Crippen LogP contribution in [0.3, 0.4) is 0 Å². The van der Waals surface area contributed by atoms with Gasteiger partial charge in [-0.3, -0.25) is 4.99 Å². The minimum atomic E-state index is 0. The van der Waals surface area contributed by atoms with Crippen molar-refractivity contribution in [2.75, 3.05) is 27.3 Å². The topological polar surface area (TPSA) is 76.4 Å². The predicted octanol–water partition coefficient (Wildman–Crippen LogP) is 2.10. The number of rotatable bonds is 7. The van der Waals surface area contributed by atoms with E-state index < -0.39 is 0 Å². The van der Waals surface area contributed by atoms with E-state index in [1.807, 2.05) is 7.05 Å². The van der Waals surface area contributed by atoms with Gasteiger partial charge < -0.3 is 19.9 Å². The van der Waals surface area contributed by atoms with Crippen LogP contribution in [0.25, 0.3) is 0 Å². The van der Waals surface area contributed by atoms with Gasteiger partial charge in [-0.1, -0.05) is 12.8 Å². The van der Waals surface area contributed by atoms with Gasteiger partial charge >= 0.3 is 0 Å². The van der Waals surface area contributed by atoms with Gasteiger partial charge in [0.1, 0.15) is 5.82 Å². The normalized spacial score (nSPS) is 18.7. The van der Waals surface area contributed by atoms with Gasteiger partial charge in [-0.25, -0.2) is 0 Å². The molecule has 0 radical (unpaired) electrons. The molecule has 0 unspecified atom stereocenters. The number of hydrogen-bond acceptors (Lipinski definition) is 4. The summed E-state index contributed by atoms with van der Waals surface area (Å²) < 4.78 is 7.53. The molecule has 1 aliphatic carbocycles. The van der Waals surface area contributed by atoms with Gasteiger partial charge in [0.25, 0.3) is 0 Å². The van der Waals surface area contributed by atoms with Crippen LogP contribution < -0.4 is 10.6 Å². The minimum Gasteiger partial charge on any atom is -0.385 e. The summed E-state index contributed by atoms with van der Waals surface area (Å²) in [5.74, 6) is 2.95. The van der Waals surface area contributed by atoms with E-state index in [1.54, 1.807) is 7.11 Å². The number of nitrogens with one attached hydrogen (secondary N) is 2. The minimum absolute atomic E-state index is 0. The molecular weight excluding hydrogens is 431 g/mol. The van der Waals surface area contributed by atoms with Crippen molar-refractivity contribution in [3.05, 3.63) is 11.6 Å². The number of nitrogens with zero attached hydrogens (tertiary/aromatic N) is 4. The highest BCUT2D eigenvalue weighted by atomic mass is 127. The second-order valence-corrected chi connectivity index (χ2v) is 7.02. The lowest BCUT2D eigenvalue weighted by molar-refractivity contribution is 0.138. The molecule has 2 aliphatic rings. The Morgan fingerprint density at radius 3 is 2.76 bits per heavy atom. The van der Waals surface area contributed by atoms with E-state index in [9.17, 15) is 0 Å². The number of methoxy groups -OCH3 is 1. The van der Waals surface area contributed by atoms with Crippen LogP contribution in [0.1, 0.15) is 50.2 Å². The van der Waals surface area contributed by atoms with E-state index in [0.29, 0.717) is 12.0 Å². The first-order valence-electron chi connectivity index (χ1n) is 9.11. The molecule has 2 heterocycles. The van der Waals surface area contributed by atoms with Gasteiger partial charge in [0.2, 0.25) is 0 Å². The first-order chi connectivity index (χ1) is 11.8. The monoisotopic (exact) mass is 462 g/mol. The van der Waals surface area contributed by atoms with Crippen molar-refractivity contribution in [3.63, 3.8) is 0 Å². The lowest BCUT2D eigenvalue weighted by Gasteiger charge is -2.29. The lowest BCUT2D eigenvalue weighted by Crippen LogP contribution is -2.43. The van der Waals surface area contributed by atoms with Crippen LogP contribution >= 0.6 is 24.0 Å². The van der Waals surface area contributed by atoms with E-state index in [4.69, 9.17) is 4.74 Å².